The second kappa shape index (κ2) is 7.52. The standard InChI is InChI=1S/C21H26N2O3/c1-2-25-19-13-15(26-23-19)11-12-18(24)22-21-17-10-6-9-16(17)20(21)14-7-4-3-5-8-14/h3-5,7-8,13,16-17,20-21H,2,6,9-12H2,1H3,(H,22,24)/t16-,17+,20-,21+/m0/s1. The van der Waals surface area contributed by atoms with Crippen LogP contribution in [0.4, 0.5) is 0 Å². The topological polar surface area (TPSA) is 64.4 Å². The van der Waals surface area contributed by atoms with Crippen LogP contribution < -0.4 is 10.1 Å². The SMILES string of the molecule is CCOc1cc(CCC(=O)N[C@@H]2[C@@H]3CCC[C@@H]3[C@@H]2c2ccccc2)on1. The molecule has 1 heterocycles. The fourth-order valence-electron chi connectivity index (χ4n) is 4.75. The zero-order valence-corrected chi connectivity index (χ0v) is 15.2. The highest BCUT2D eigenvalue weighted by Gasteiger charge is 2.53. The maximum absolute atomic E-state index is 12.5. The van der Waals surface area contributed by atoms with Crippen molar-refractivity contribution < 1.29 is 14.1 Å². The summed E-state index contributed by atoms with van der Waals surface area (Å²) in [6.45, 7) is 2.46. The first kappa shape index (κ1) is 17.1. The van der Waals surface area contributed by atoms with Crippen LogP contribution in [-0.2, 0) is 11.2 Å². The summed E-state index contributed by atoms with van der Waals surface area (Å²) >= 11 is 0. The molecule has 0 bridgehead atoms. The third-order valence-corrected chi connectivity index (χ3v) is 5.87. The summed E-state index contributed by atoms with van der Waals surface area (Å²) in [6.07, 6.45) is 4.76. The van der Waals surface area contributed by atoms with Gasteiger partial charge in [-0.05, 0) is 42.3 Å². The van der Waals surface area contributed by atoms with Gasteiger partial charge in [-0.1, -0.05) is 36.8 Å². The second-order valence-electron chi connectivity index (χ2n) is 7.35. The van der Waals surface area contributed by atoms with Crippen LogP contribution in [-0.4, -0.2) is 23.7 Å². The van der Waals surface area contributed by atoms with Crippen molar-refractivity contribution in [2.75, 3.05) is 6.61 Å². The van der Waals surface area contributed by atoms with E-state index in [4.69, 9.17) is 9.26 Å². The quantitative estimate of drug-likeness (QED) is 0.823. The van der Waals surface area contributed by atoms with Gasteiger partial charge in [0.1, 0.15) is 5.76 Å². The van der Waals surface area contributed by atoms with Gasteiger partial charge in [-0.25, -0.2) is 0 Å². The average Bonchev–Trinajstić information content (AvgIpc) is 3.27. The lowest BCUT2D eigenvalue weighted by atomic mass is 9.60. The summed E-state index contributed by atoms with van der Waals surface area (Å²) in [4.78, 5) is 12.5. The van der Waals surface area contributed by atoms with Gasteiger partial charge in [-0.2, -0.15) is 0 Å². The number of hydrogen-bond donors (Lipinski definition) is 1. The number of amides is 1. The maximum Gasteiger partial charge on any atom is 0.254 e. The number of hydrogen-bond acceptors (Lipinski definition) is 4. The van der Waals surface area contributed by atoms with E-state index in [0.29, 0.717) is 42.9 Å². The van der Waals surface area contributed by atoms with Crippen molar-refractivity contribution >= 4 is 5.91 Å². The van der Waals surface area contributed by atoms with E-state index in [1.807, 2.05) is 6.92 Å². The number of benzene rings is 1. The molecule has 0 radical (unpaired) electrons. The fraction of sp³-hybridized carbons (Fsp3) is 0.524. The van der Waals surface area contributed by atoms with Gasteiger partial charge in [0.25, 0.3) is 5.88 Å². The highest BCUT2D eigenvalue weighted by molar-refractivity contribution is 5.76. The average molecular weight is 354 g/mol. The molecule has 4 atom stereocenters. The van der Waals surface area contributed by atoms with Crippen molar-refractivity contribution in [1.82, 2.24) is 10.5 Å². The van der Waals surface area contributed by atoms with Gasteiger partial charge in [0.15, 0.2) is 0 Å². The van der Waals surface area contributed by atoms with Crippen molar-refractivity contribution in [2.45, 2.75) is 51.0 Å². The predicted molar refractivity (Wildman–Crippen MR) is 97.9 cm³/mol. The summed E-state index contributed by atoms with van der Waals surface area (Å²) in [5.74, 6) is 3.10. The normalized spacial score (nSPS) is 26.8. The molecule has 0 aliphatic heterocycles. The molecule has 138 valence electrons. The van der Waals surface area contributed by atoms with Gasteiger partial charge >= 0.3 is 0 Å². The van der Waals surface area contributed by atoms with Crippen LogP contribution in [0, 0.1) is 11.8 Å². The zero-order chi connectivity index (χ0) is 17.9. The summed E-state index contributed by atoms with van der Waals surface area (Å²) in [6, 6.07) is 12.7. The van der Waals surface area contributed by atoms with Crippen LogP contribution in [0.1, 0.15) is 49.8 Å². The van der Waals surface area contributed by atoms with Gasteiger partial charge in [0, 0.05) is 30.9 Å². The Morgan fingerprint density at radius 2 is 2.08 bits per heavy atom. The lowest BCUT2D eigenvalue weighted by molar-refractivity contribution is -0.124. The summed E-state index contributed by atoms with van der Waals surface area (Å²) in [5, 5.41) is 7.14. The van der Waals surface area contributed by atoms with Crippen LogP contribution in [0.25, 0.3) is 0 Å². The smallest absolute Gasteiger partial charge is 0.254 e. The molecule has 0 unspecified atom stereocenters. The minimum absolute atomic E-state index is 0.0932. The predicted octanol–water partition coefficient (Wildman–Crippen LogP) is 3.70. The third kappa shape index (κ3) is 3.35. The van der Waals surface area contributed by atoms with Crippen molar-refractivity contribution in [3.63, 3.8) is 0 Å². The molecule has 1 amide bonds. The molecule has 26 heavy (non-hydrogen) atoms. The maximum atomic E-state index is 12.5. The lowest BCUT2D eigenvalue weighted by Gasteiger charge is -2.49. The highest BCUT2D eigenvalue weighted by atomic mass is 16.5. The Morgan fingerprint density at radius 1 is 1.27 bits per heavy atom. The number of aryl methyl sites for hydroxylation is 1. The molecule has 1 aromatic carbocycles. The molecule has 1 N–H and O–H groups in total. The van der Waals surface area contributed by atoms with Crippen molar-refractivity contribution in [3.8, 4) is 5.88 Å². The van der Waals surface area contributed by atoms with Crippen LogP contribution in [0.3, 0.4) is 0 Å². The van der Waals surface area contributed by atoms with Crippen LogP contribution in [0.15, 0.2) is 40.9 Å². The number of fused-ring (bicyclic) bond motifs is 1. The molecule has 4 rings (SSSR count). The summed E-state index contributed by atoms with van der Waals surface area (Å²) in [7, 11) is 0. The lowest BCUT2D eigenvalue weighted by Crippen LogP contribution is -2.56. The molecular weight excluding hydrogens is 328 g/mol. The molecule has 2 aliphatic rings. The van der Waals surface area contributed by atoms with Crippen molar-refractivity contribution in [3.05, 3.63) is 47.7 Å². The van der Waals surface area contributed by atoms with Crippen LogP contribution in [0.5, 0.6) is 5.88 Å². The molecule has 5 heteroatoms. The van der Waals surface area contributed by atoms with Crippen LogP contribution in [0.2, 0.25) is 0 Å². The van der Waals surface area contributed by atoms with Gasteiger partial charge < -0.3 is 14.6 Å². The fourth-order valence-corrected chi connectivity index (χ4v) is 4.75. The number of carbonyl (C=O) groups is 1. The Labute approximate surface area is 154 Å². The van der Waals surface area contributed by atoms with Gasteiger partial charge in [0.05, 0.1) is 6.61 Å². The number of nitrogens with one attached hydrogen (secondary N) is 1. The molecule has 2 aliphatic carbocycles. The van der Waals surface area contributed by atoms with E-state index in [-0.39, 0.29) is 11.9 Å². The van der Waals surface area contributed by atoms with E-state index in [9.17, 15) is 4.79 Å². The van der Waals surface area contributed by atoms with E-state index in [1.165, 1.54) is 24.8 Å². The monoisotopic (exact) mass is 354 g/mol. The Balaban J connectivity index is 1.35. The van der Waals surface area contributed by atoms with E-state index < -0.39 is 0 Å². The molecule has 2 saturated carbocycles. The molecule has 2 aromatic rings. The highest BCUT2D eigenvalue weighted by Crippen LogP contribution is 2.55. The van der Waals surface area contributed by atoms with Crippen molar-refractivity contribution in [2.24, 2.45) is 11.8 Å². The Morgan fingerprint density at radius 3 is 2.88 bits per heavy atom. The minimum atomic E-state index is 0.0932. The minimum Gasteiger partial charge on any atom is -0.476 e. The molecular formula is C21H26N2O3. The Hall–Kier alpha value is -2.30. The number of carbonyl (C=O) groups excluding carboxylic acids is 1. The van der Waals surface area contributed by atoms with E-state index in [2.05, 4.69) is 40.8 Å². The molecule has 0 saturated heterocycles. The number of ether oxygens (including phenoxy) is 1. The number of nitrogens with zero attached hydrogens (tertiary/aromatic N) is 1. The van der Waals surface area contributed by atoms with Crippen molar-refractivity contribution in [1.29, 1.82) is 0 Å². The summed E-state index contributed by atoms with van der Waals surface area (Å²) in [5.41, 5.74) is 1.36. The number of rotatable bonds is 7. The van der Waals surface area contributed by atoms with Gasteiger partial charge in [-0.15, -0.1) is 0 Å². The van der Waals surface area contributed by atoms with Gasteiger partial charge in [-0.3, -0.25) is 4.79 Å². The van der Waals surface area contributed by atoms with E-state index in [1.54, 1.807) is 6.07 Å². The molecule has 1 aromatic heterocycles. The Kier molecular flexibility index (Phi) is 4.96. The zero-order valence-electron chi connectivity index (χ0n) is 15.2. The molecule has 5 nitrogen and oxygen atoms in total. The molecule has 0 spiro atoms. The first-order valence-electron chi connectivity index (χ1n) is 9.69. The Bertz CT molecular complexity index is 743. The molecule has 2 fully saturated rings. The van der Waals surface area contributed by atoms with E-state index in [0.717, 1.165) is 5.92 Å². The van der Waals surface area contributed by atoms with Crippen LogP contribution >= 0.6 is 0 Å². The third-order valence-electron chi connectivity index (χ3n) is 5.87. The number of aromatic nitrogens is 1. The van der Waals surface area contributed by atoms with E-state index >= 15 is 0 Å². The second-order valence-corrected chi connectivity index (χ2v) is 7.35. The largest absolute Gasteiger partial charge is 0.476 e. The first-order valence-corrected chi connectivity index (χ1v) is 9.69. The first-order chi connectivity index (χ1) is 12.8. The van der Waals surface area contributed by atoms with Gasteiger partial charge in [0.2, 0.25) is 5.91 Å². The summed E-state index contributed by atoms with van der Waals surface area (Å²) < 4.78 is 10.5.